The van der Waals surface area contributed by atoms with Crippen LogP contribution in [0.5, 0.6) is 0 Å². The molecule has 3 N–H and O–H groups in total. The summed E-state index contributed by atoms with van der Waals surface area (Å²) in [7, 11) is -2.52. The van der Waals surface area contributed by atoms with Crippen LogP contribution in [0.15, 0.2) is 24.3 Å². The third-order valence-electron chi connectivity index (χ3n) is 1.94. The summed E-state index contributed by atoms with van der Waals surface area (Å²) in [5.41, 5.74) is 0.408. The maximum absolute atomic E-state index is 11.4. The van der Waals surface area contributed by atoms with E-state index in [1.54, 1.807) is 0 Å². The van der Waals surface area contributed by atoms with E-state index in [9.17, 15) is 18.0 Å². The average molecular weight is 272 g/mol. The highest BCUT2D eigenvalue weighted by Gasteiger charge is 2.16. The molecule has 0 unspecified atom stereocenters. The number of nitrogens with one attached hydrogen (secondary N) is 2. The van der Waals surface area contributed by atoms with Crippen molar-refractivity contribution in [3.8, 4) is 0 Å². The molecular weight excluding hydrogens is 260 g/mol. The summed E-state index contributed by atoms with van der Waals surface area (Å²) in [5.74, 6) is -2.85. The Labute approximate surface area is 104 Å². The van der Waals surface area contributed by atoms with Gasteiger partial charge < -0.3 is 10.4 Å². The summed E-state index contributed by atoms with van der Waals surface area (Å²) < 4.78 is 24.8. The van der Waals surface area contributed by atoms with Crippen LogP contribution in [-0.2, 0) is 14.8 Å². The molecule has 1 rings (SSSR count). The van der Waals surface area contributed by atoms with Crippen LogP contribution >= 0.6 is 0 Å². The van der Waals surface area contributed by atoms with E-state index in [1.165, 1.54) is 31.3 Å². The molecule has 1 amide bonds. The topological polar surface area (TPSA) is 113 Å². The molecule has 0 spiro atoms. The van der Waals surface area contributed by atoms with E-state index in [0.29, 0.717) is 0 Å². The molecule has 0 aliphatic heterocycles. The van der Waals surface area contributed by atoms with Gasteiger partial charge in [0.2, 0.25) is 10.0 Å². The number of carboxylic acid groups (broad SMARTS) is 1. The van der Waals surface area contributed by atoms with Crippen LogP contribution in [0.25, 0.3) is 0 Å². The number of amides is 1. The van der Waals surface area contributed by atoms with Gasteiger partial charge in [-0.25, -0.2) is 8.42 Å². The summed E-state index contributed by atoms with van der Waals surface area (Å²) >= 11 is 0. The Bertz CT molecular complexity index is 567. The lowest BCUT2D eigenvalue weighted by atomic mass is 10.2. The minimum absolute atomic E-state index is 0.136. The highest BCUT2D eigenvalue weighted by Crippen LogP contribution is 2.12. The van der Waals surface area contributed by atoms with Crippen LogP contribution in [0.2, 0.25) is 0 Å². The van der Waals surface area contributed by atoms with Crippen molar-refractivity contribution in [1.29, 1.82) is 0 Å². The molecule has 0 radical (unpaired) electrons. The molecule has 0 fully saturated rings. The minimum atomic E-state index is -3.96. The van der Waals surface area contributed by atoms with Crippen LogP contribution < -0.4 is 10.0 Å². The number of aliphatic carboxylic acids is 1. The molecule has 0 atom stereocenters. The van der Waals surface area contributed by atoms with Gasteiger partial charge in [0.1, 0.15) is 0 Å². The first-order valence-electron chi connectivity index (χ1n) is 4.88. The van der Waals surface area contributed by atoms with Crippen molar-refractivity contribution in [1.82, 2.24) is 5.32 Å². The van der Waals surface area contributed by atoms with Crippen LogP contribution in [-0.4, -0.2) is 38.2 Å². The highest BCUT2D eigenvalue weighted by atomic mass is 32.2. The maximum Gasteiger partial charge on any atom is 0.320 e. The number of hydrogen-bond donors (Lipinski definition) is 3. The normalized spacial score (nSPS) is 10.7. The molecule has 0 heterocycles. The molecular formula is C10H12N2O5S. The van der Waals surface area contributed by atoms with Gasteiger partial charge in [0.05, 0.1) is 0 Å². The maximum atomic E-state index is 11.4. The van der Waals surface area contributed by atoms with Gasteiger partial charge in [-0.3, -0.25) is 14.3 Å². The number of carboxylic acids is 1. The van der Waals surface area contributed by atoms with Gasteiger partial charge in [-0.05, 0) is 18.2 Å². The molecule has 7 nitrogen and oxygen atoms in total. The van der Waals surface area contributed by atoms with Gasteiger partial charge in [-0.2, -0.15) is 0 Å². The van der Waals surface area contributed by atoms with Crippen LogP contribution in [0.4, 0.5) is 5.69 Å². The zero-order chi connectivity index (χ0) is 13.8. The number of carbonyl (C=O) groups is 2. The fourth-order valence-electron chi connectivity index (χ4n) is 1.25. The summed E-state index contributed by atoms with van der Waals surface area (Å²) in [6.07, 6.45) is 0. The Morgan fingerprint density at radius 1 is 1.33 bits per heavy atom. The standard InChI is InChI=1S/C10H12N2O5S/c1-11-10(15)7-3-2-4-8(5-7)12-18(16,17)6-9(13)14/h2-5,12H,6H2,1H3,(H,11,15)(H,13,14). The van der Waals surface area contributed by atoms with Crippen molar-refractivity contribution in [2.45, 2.75) is 0 Å². The Balaban J connectivity index is 2.92. The average Bonchev–Trinajstić information content (AvgIpc) is 2.25. The fourth-order valence-corrected chi connectivity index (χ4v) is 2.13. The van der Waals surface area contributed by atoms with Crippen molar-refractivity contribution in [2.75, 3.05) is 17.5 Å². The molecule has 0 aromatic heterocycles. The second-order valence-corrected chi connectivity index (χ2v) is 5.14. The van der Waals surface area contributed by atoms with E-state index in [-0.39, 0.29) is 17.2 Å². The monoisotopic (exact) mass is 272 g/mol. The Morgan fingerprint density at radius 2 is 2.00 bits per heavy atom. The van der Waals surface area contributed by atoms with Crippen molar-refractivity contribution >= 4 is 27.6 Å². The number of rotatable bonds is 5. The number of benzene rings is 1. The second kappa shape index (κ2) is 5.50. The van der Waals surface area contributed by atoms with E-state index in [4.69, 9.17) is 5.11 Å². The van der Waals surface area contributed by atoms with Gasteiger partial charge in [0.15, 0.2) is 5.75 Å². The lowest BCUT2D eigenvalue weighted by Gasteiger charge is -2.07. The predicted molar refractivity (Wildman–Crippen MR) is 64.9 cm³/mol. The molecule has 1 aromatic rings. The summed E-state index contributed by atoms with van der Waals surface area (Å²) in [6.45, 7) is 0. The third-order valence-corrected chi connectivity index (χ3v) is 3.11. The largest absolute Gasteiger partial charge is 0.480 e. The number of sulfonamides is 1. The van der Waals surface area contributed by atoms with Gasteiger partial charge in [0.25, 0.3) is 5.91 Å². The molecule has 8 heteroatoms. The first-order chi connectivity index (χ1) is 8.34. The Morgan fingerprint density at radius 3 is 2.56 bits per heavy atom. The second-order valence-electron chi connectivity index (χ2n) is 3.41. The smallest absolute Gasteiger partial charge is 0.320 e. The molecule has 0 bridgehead atoms. The predicted octanol–water partition coefficient (Wildman–Crippen LogP) is -0.128. The molecule has 0 aliphatic rings. The molecule has 0 aliphatic carbocycles. The van der Waals surface area contributed by atoms with Crippen molar-refractivity contribution in [3.63, 3.8) is 0 Å². The van der Waals surface area contributed by atoms with Gasteiger partial charge in [-0.1, -0.05) is 6.07 Å². The van der Waals surface area contributed by atoms with E-state index >= 15 is 0 Å². The number of carbonyl (C=O) groups excluding carboxylic acids is 1. The van der Waals surface area contributed by atoms with Gasteiger partial charge >= 0.3 is 5.97 Å². The fraction of sp³-hybridized carbons (Fsp3) is 0.200. The van der Waals surface area contributed by atoms with Crippen LogP contribution in [0, 0.1) is 0 Å². The van der Waals surface area contributed by atoms with E-state index in [1.807, 2.05) is 0 Å². The Kier molecular flexibility index (Phi) is 4.27. The molecule has 98 valence electrons. The quantitative estimate of drug-likeness (QED) is 0.691. The van der Waals surface area contributed by atoms with Crippen LogP contribution in [0.3, 0.4) is 0 Å². The highest BCUT2D eigenvalue weighted by molar-refractivity contribution is 7.93. The summed E-state index contributed by atoms with van der Waals surface area (Å²) in [6, 6.07) is 5.74. The Hall–Kier alpha value is -2.09. The van der Waals surface area contributed by atoms with E-state index < -0.39 is 21.7 Å². The lowest BCUT2D eigenvalue weighted by molar-refractivity contribution is -0.134. The van der Waals surface area contributed by atoms with Gasteiger partial charge in [0, 0.05) is 18.3 Å². The first kappa shape index (κ1) is 14.0. The minimum Gasteiger partial charge on any atom is -0.480 e. The lowest BCUT2D eigenvalue weighted by Crippen LogP contribution is -2.23. The zero-order valence-corrected chi connectivity index (χ0v) is 10.3. The summed E-state index contributed by atoms with van der Waals surface area (Å²) in [5, 5.41) is 10.8. The first-order valence-corrected chi connectivity index (χ1v) is 6.54. The van der Waals surface area contributed by atoms with Crippen molar-refractivity contribution in [3.05, 3.63) is 29.8 Å². The molecule has 18 heavy (non-hydrogen) atoms. The molecule has 0 saturated carbocycles. The number of hydrogen-bond acceptors (Lipinski definition) is 4. The van der Waals surface area contributed by atoms with E-state index in [0.717, 1.165) is 0 Å². The SMILES string of the molecule is CNC(=O)c1cccc(NS(=O)(=O)CC(=O)O)c1. The zero-order valence-electron chi connectivity index (χ0n) is 9.50. The summed E-state index contributed by atoms with van der Waals surface area (Å²) in [4.78, 5) is 21.7. The van der Waals surface area contributed by atoms with Crippen molar-refractivity contribution in [2.24, 2.45) is 0 Å². The third kappa shape index (κ3) is 4.06. The van der Waals surface area contributed by atoms with Gasteiger partial charge in [-0.15, -0.1) is 0 Å². The number of anilines is 1. The van der Waals surface area contributed by atoms with Crippen molar-refractivity contribution < 1.29 is 23.1 Å². The van der Waals surface area contributed by atoms with Crippen LogP contribution in [0.1, 0.15) is 10.4 Å². The molecule has 1 aromatic carbocycles. The molecule has 0 saturated heterocycles. The van der Waals surface area contributed by atoms with E-state index in [2.05, 4.69) is 10.0 Å².